The number of nitrogens with two attached hydrogens (primary N) is 1. The first-order valence-electron chi connectivity index (χ1n) is 5.27. The normalized spacial score (nSPS) is 10.1. The van der Waals surface area contributed by atoms with Crippen LogP contribution in [0.3, 0.4) is 0 Å². The Bertz CT molecular complexity index is 344. The first kappa shape index (κ1) is 11.8. The van der Waals surface area contributed by atoms with Crippen molar-refractivity contribution in [2.45, 2.75) is 26.8 Å². The van der Waals surface area contributed by atoms with Gasteiger partial charge in [0, 0.05) is 12.1 Å². The molecule has 0 radical (unpaired) electrons. The van der Waals surface area contributed by atoms with Crippen molar-refractivity contribution in [1.29, 1.82) is 0 Å². The van der Waals surface area contributed by atoms with E-state index >= 15 is 0 Å². The Morgan fingerprint density at radius 1 is 1.47 bits per heavy atom. The Labute approximate surface area is 91.7 Å². The molecule has 1 aromatic carbocycles. The van der Waals surface area contributed by atoms with Crippen LogP contribution in [-0.4, -0.2) is 6.61 Å². The van der Waals surface area contributed by atoms with E-state index in [0.717, 1.165) is 28.9 Å². The number of aryl methyl sites for hydroxylation is 1. The molecule has 0 aliphatic carbocycles. The third-order valence-electron chi connectivity index (χ3n) is 2.43. The fourth-order valence-electron chi connectivity index (χ4n) is 1.36. The lowest BCUT2D eigenvalue weighted by Gasteiger charge is -2.13. The highest BCUT2D eigenvalue weighted by atomic mass is 16.5. The molecule has 0 aromatic heterocycles. The number of benzene rings is 1. The van der Waals surface area contributed by atoms with Crippen LogP contribution in [0.5, 0.6) is 5.75 Å². The number of ether oxygens (including phenoxy) is 1. The maximum absolute atomic E-state index is 5.73. The lowest BCUT2D eigenvalue weighted by Crippen LogP contribution is -2.06. The van der Waals surface area contributed by atoms with E-state index in [1.54, 1.807) is 0 Å². The molecule has 15 heavy (non-hydrogen) atoms. The Morgan fingerprint density at radius 3 is 2.80 bits per heavy atom. The Kier molecular flexibility index (Phi) is 4.37. The lowest BCUT2D eigenvalue weighted by molar-refractivity contribution is 0.343. The minimum Gasteiger partial charge on any atom is -0.489 e. The van der Waals surface area contributed by atoms with E-state index in [0.29, 0.717) is 13.2 Å². The molecule has 0 atom stereocenters. The van der Waals surface area contributed by atoms with E-state index in [1.807, 2.05) is 25.1 Å². The molecule has 2 heteroatoms. The molecule has 0 saturated carbocycles. The summed E-state index contributed by atoms with van der Waals surface area (Å²) in [6.45, 7) is 9.11. The first-order chi connectivity index (χ1) is 7.19. The van der Waals surface area contributed by atoms with Crippen molar-refractivity contribution in [3.05, 3.63) is 41.5 Å². The Hall–Kier alpha value is -1.28. The quantitative estimate of drug-likeness (QED) is 0.750. The van der Waals surface area contributed by atoms with Gasteiger partial charge in [-0.05, 0) is 24.5 Å². The number of hydrogen-bond donors (Lipinski definition) is 1. The molecule has 1 rings (SSSR count). The van der Waals surface area contributed by atoms with E-state index in [1.165, 1.54) is 0 Å². The SMILES string of the molecule is C=C(CC)COc1c(C)cccc1CN. The van der Waals surface area contributed by atoms with Crippen LogP contribution in [0, 0.1) is 6.92 Å². The number of hydrogen-bond acceptors (Lipinski definition) is 2. The smallest absolute Gasteiger partial charge is 0.127 e. The molecule has 0 heterocycles. The van der Waals surface area contributed by atoms with Gasteiger partial charge in [-0.2, -0.15) is 0 Å². The second-order valence-corrected chi connectivity index (χ2v) is 3.66. The van der Waals surface area contributed by atoms with Crippen molar-refractivity contribution in [1.82, 2.24) is 0 Å². The van der Waals surface area contributed by atoms with Crippen LogP contribution in [0.15, 0.2) is 30.4 Å². The molecule has 2 N–H and O–H groups in total. The van der Waals surface area contributed by atoms with Crippen LogP contribution in [0.2, 0.25) is 0 Å². The van der Waals surface area contributed by atoms with Crippen LogP contribution < -0.4 is 10.5 Å². The van der Waals surface area contributed by atoms with E-state index in [9.17, 15) is 0 Å². The third kappa shape index (κ3) is 3.10. The van der Waals surface area contributed by atoms with Gasteiger partial charge >= 0.3 is 0 Å². The monoisotopic (exact) mass is 205 g/mol. The zero-order chi connectivity index (χ0) is 11.3. The summed E-state index contributed by atoms with van der Waals surface area (Å²) in [7, 11) is 0. The summed E-state index contributed by atoms with van der Waals surface area (Å²) >= 11 is 0. The van der Waals surface area contributed by atoms with Crippen molar-refractivity contribution in [3.63, 3.8) is 0 Å². The van der Waals surface area contributed by atoms with E-state index in [4.69, 9.17) is 10.5 Å². The fraction of sp³-hybridized carbons (Fsp3) is 0.385. The van der Waals surface area contributed by atoms with E-state index < -0.39 is 0 Å². The van der Waals surface area contributed by atoms with Gasteiger partial charge in [0.25, 0.3) is 0 Å². The average Bonchev–Trinajstić information content (AvgIpc) is 2.26. The zero-order valence-electron chi connectivity index (χ0n) is 9.55. The molecule has 0 saturated heterocycles. The molecule has 0 fully saturated rings. The van der Waals surface area contributed by atoms with Gasteiger partial charge in [0.05, 0.1) is 0 Å². The largest absolute Gasteiger partial charge is 0.489 e. The molecule has 0 spiro atoms. The molecule has 0 unspecified atom stereocenters. The molecule has 0 amide bonds. The molecule has 1 aromatic rings. The van der Waals surface area contributed by atoms with Crippen LogP contribution in [-0.2, 0) is 6.54 Å². The van der Waals surface area contributed by atoms with Crippen LogP contribution in [0.1, 0.15) is 24.5 Å². The summed E-state index contributed by atoms with van der Waals surface area (Å²) in [4.78, 5) is 0. The highest BCUT2D eigenvalue weighted by molar-refractivity contribution is 5.40. The van der Waals surface area contributed by atoms with Crippen LogP contribution in [0.4, 0.5) is 0 Å². The predicted octanol–water partition coefficient (Wildman–Crippen LogP) is 2.80. The van der Waals surface area contributed by atoms with Gasteiger partial charge in [0.2, 0.25) is 0 Å². The molecule has 2 nitrogen and oxygen atoms in total. The molecule has 82 valence electrons. The highest BCUT2D eigenvalue weighted by Gasteiger charge is 2.05. The van der Waals surface area contributed by atoms with Crippen molar-refractivity contribution < 1.29 is 4.74 Å². The van der Waals surface area contributed by atoms with Crippen molar-refractivity contribution in [2.24, 2.45) is 5.73 Å². The van der Waals surface area contributed by atoms with Crippen molar-refractivity contribution in [2.75, 3.05) is 6.61 Å². The van der Waals surface area contributed by atoms with Crippen LogP contribution >= 0.6 is 0 Å². The minimum atomic E-state index is 0.510. The Balaban J connectivity index is 2.78. The Morgan fingerprint density at radius 2 is 2.20 bits per heavy atom. The minimum absolute atomic E-state index is 0.510. The molecular formula is C13H19NO. The van der Waals surface area contributed by atoms with Crippen molar-refractivity contribution >= 4 is 0 Å². The van der Waals surface area contributed by atoms with Gasteiger partial charge in [0.15, 0.2) is 0 Å². The van der Waals surface area contributed by atoms with E-state index in [2.05, 4.69) is 13.5 Å². The summed E-state index contributed by atoms with van der Waals surface area (Å²) in [5.74, 6) is 0.912. The van der Waals surface area contributed by atoms with Crippen molar-refractivity contribution in [3.8, 4) is 5.75 Å². The van der Waals surface area contributed by atoms with Gasteiger partial charge in [0.1, 0.15) is 12.4 Å². The summed E-state index contributed by atoms with van der Waals surface area (Å²) < 4.78 is 5.73. The second-order valence-electron chi connectivity index (χ2n) is 3.66. The maximum Gasteiger partial charge on any atom is 0.127 e. The van der Waals surface area contributed by atoms with Crippen LogP contribution in [0.25, 0.3) is 0 Å². The zero-order valence-corrected chi connectivity index (χ0v) is 9.55. The van der Waals surface area contributed by atoms with Gasteiger partial charge < -0.3 is 10.5 Å². The fourth-order valence-corrected chi connectivity index (χ4v) is 1.36. The summed E-state index contributed by atoms with van der Waals surface area (Å²) in [6, 6.07) is 6.03. The van der Waals surface area contributed by atoms with Gasteiger partial charge in [-0.1, -0.05) is 31.7 Å². The standard InChI is InChI=1S/C13H19NO/c1-4-10(2)9-15-13-11(3)6-5-7-12(13)8-14/h5-7H,2,4,8-9,14H2,1,3H3. The molecule has 0 aliphatic heterocycles. The first-order valence-corrected chi connectivity index (χ1v) is 5.27. The van der Waals surface area contributed by atoms with E-state index in [-0.39, 0.29) is 0 Å². The molecule has 0 aliphatic rings. The predicted molar refractivity (Wildman–Crippen MR) is 64.0 cm³/mol. The summed E-state index contributed by atoms with van der Waals surface area (Å²) in [6.07, 6.45) is 0.948. The summed E-state index contributed by atoms with van der Waals surface area (Å²) in [5.41, 5.74) is 8.94. The topological polar surface area (TPSA) is 35.2 Å². The second kappa shape index (κ2) is 5.56. The average molecular weight is 205 g/mol. The van der Waals surface area contributed by atoms with Gasteiger partial charge in [-0.15, -0.1) is 0 Å². The highest BCUT2D eigenvalue weighted by Crippen LogP contribution is 2.23. The molecular weight excluding hydrogens is 186 g/mol. The number of para-hydroxylation sites is 1. The summed E-state index contributed by atoms with van der Waals surface area (Å²) in [5, 5.41) is 0. The lowest BCUT2D eigenvalue weighted by atomic mass is 10.1. The third-order valence-corrected chi connectivity index (χ3v) is 2.43. The molecule has 0 bridgehead atoms. The maximum atomic E-state index is 5.73. The van der Waals surface area contributed by atoms with Gasteiger partial charge in [-0.3, -0.25) is 0 Å². The number of rotatable bonds is 5. The van der Waals surface area contributed by atoms with Gasteiger partial charge in [-0.25, -0.2) is 0 Å².